The number of nitrogens with one attached hydrogen (secondary N) is 1. The molecule has 0 unspecified atom stereocenters. The van der Waals surface area contributed by atoms with Gasteiger partial charge in [0.15, 0.2) is 17.3 Å². The van der Waals surface area contributed by atoms with E-state index in [0.29, 0.717) is 47.9 Å². The van der Waals surface area contributed by atoms with Crippen LogP contribution in [0, 0.1) is 6.92 Å². The second-order valence-electron chi connectivity index (χ2n) is 6.39. The van der Waals surface area contributed by atoms with E-state index in [4.69, 9.17) is 9.47 Å². The van der Waals surface area contributed by atoms with Crippen LogP contribution in [0.1, 0.15) is 47.7 Å². The van der Waals surface area contributed by atoms with Gasteiger partial charge in [0.1, 0.15) is 13.2 Å². The van der Waals surface area contributed by atoms with Gasteiger partial charge in [-0.1, -0.05) is 43.2 Å². The summed E-state index contributed by atoms with van der Waals surface area (Å²) < 4.78 is 11.2. The second kappa shape index (κ2) is 8.04. The normalized spacial score (nSPS) is 12.5. The molecule has 1 amide bonds. The Labute approximate surface area is 153 Å². The van der Waals surface area contributed by atoms with E-state index in [-0.39, 0.29) is 11.7 Å². The molecule has 0 atom stereocenters. The molecule has 0 aliphatic carbocycles. The Kier molecular flexibility index (Phi) is 5.56. The summed E-state index contributed by atoms with van der Waals surface area (Å²) in [4.78, 5) is 25.2. The summed E-state index contributed by atoms with van der Waals surface area (Å²) in [5.74, 6) is 0.801. The van der Waals surface area contributed by atoms with E-state index < -0.39 is 0 Å². The molecule has 1 aliphatic heterocycles. The van der Waals surface area contributed by atoms with Gasteiger partial charge >= 0.3 is 0 Å². The van der Waals surface area contributed by atoms with Gasteiger partial charge in [0.05, 0.1) is 11.3 Å². The number of carbonyl (C=O) groups is 2. The van der Waals surface area contributed by atoms with Crippen LogP contribution >= 0.6 is 0 Å². The van der Waals surface area contributed by atoms with Crippen molar-refractivity contribution >= 4 is 17.4 Å². The lowest BCUT2D eigenvalue weighted by atomic mass is 9.99. The van der Waals surface area contributed by atoms with Crippen LogP contribution in [0.5, 0.6) is 11.5 Å². The Morgan fingerprint density at radius 2 is 1.69 bits per heavy atom. The highest BCUT2D eigenvalue weighted by Gasteiger charge is 2.22. The monoisotopic (exact) mass is 353 g/mol. The zero-order valence-corrected chi connectivity index (χ0v) is 15.1. The van der Waals surface area contributed by atoms with Gasteiger partial charge in [-0.3, -0.25) is 9.59 Å². The highest BCUT2D eigenvalue weighted by atomic mass is 16.6. The summed E-state index contributed by atoms with van der Waals surface area (Å²) in [6.45, 7) is 4.89. The average molecular weight is 353 g/mol. The molecule has 0 saturated heterocycles. The highest BCUT2D eigenvalue weighted by molar-refractivity contribution is 6.14. The number of benzene rings is 2. The molecule has 26 heavy (non-hydrogen) atoms. The van der Waals surface area contributed by atoms with Crippen LogP contribution in [-0.2, 0) is 4.79 Å². The van der Waals surface area contributed by atoms with Gasteiger partial charge < -0.3 is 14.8 Å². The minimum atomic E-state index is -0.159. The smallest absolute Gasteiger partial charge is 0.224 e. The topological polar surface area (TPSA) is 64.6 Å². The van der Waals surface area contributed by atoms with E-state index in [1.807, 2.05) is 26.0 Å². The summed E-state index contributed by atoms with van der Waals surface area (Å²) in [6.07, 6.45) is 2.16. The molecule has 136 valence electrons. The van der Waals surface area contributed by atoms with Crippen LogP contribution < -0.4 is 14.8 Å². The van der Waals surface area contributed by atoms with Crippen LogP contribution in [0.3, 0.4) is 0 Å². The standard InChI is InChI=1S/C21H23NO4/c1-3-4-5-20(23)22-17-13-19-18(25-10-11-26-19)12-16(17)21(24)15-8-6-14(2)7-9-15/h6-9,12-13H,3-5,10-11H2,1-2H3,(H,22,23). The maximum atomic E-state index is 13.0. The lowest BCUT2D eigenvalue weighted by Gasteiger charge is -2.21. The van der Waals surface area contributed by atoms with Crippen molar-refractivity contribution in [1.29, 1.82) is 0 Å². The molecule has 2 aromatic carbocycles. The summed E-state index contributed by atoms with van der Waals surface area (Å²) in [6, 6.07) is 10.7. The number of anilines is 1. The van der Waals surface area contributed by atoms with Gasteiger partial charge in [-0.05, 0) is 19.4 Å². The molecular formula is C21H23NO4. The van der Waals surface area contributed by atoms with Gasteiger partial charge in [0.2, 0.25) is 5.91 Å². The molecular weight excluding hydrogens is 330 g/mol. The van der Waals surface area contributed by atoms with Crippen molar-refractivity contribution < 1.29 is 19.1 Å². The molecule has 3 rings (SSSR count). The summed E-state index contributed by atoms with van der Waals surface area (Å²) in [7, 11) is 0. The molecule has 0 saturated carbocycles. The first-order valence-electron chi connectivity index (χ1n) is 8.93. The Morgan fingerprint density at radius 3 is 2.35 bits per heavy atom. The van der Waals surface area contributed by atoms with E-state index >= 15 is 0 Å². The molecule has 0 spiro atoms. The van der Waals surface area contributed by atoms with Crippen LogP contribution in [0.15, 0.2) is 36.4 Å². The van der Waals surface area contributed by atoms with Gasteiger partial charge in [0.25, 0.3) is 0 Å². The minimum Gasteiger partial charge on any atom is -0.486 e. The average Bonchev–Trinajstić information content (AvgIpc) is 2.66. The zero-order valence-electron chi connectivity index (χ0n) is 15.1. The number of rotatable bonds is 6. The van der Waals surface area contributed by atoms with Crippen LogP contribution in [0.25, 0.3) is 0 Å². The molecule has 5 heteroatoms. The lowest BCUT2D eigenvalue weighted by molar-refractivity contribution is -0.116. The van der Waals surface area contributed by atoms with Crippen LogP contribution in [0.2, 0.25) is 0 Å². The maximum Gasteiger partial charge on any atom is 0.224 e. The predicted molar refractivity (Wildman–Crippen MR) is 100 cm³/mol. The van der Waals surface area contributed by atoms with Crippen LogP contribution in [-0.4, -0.2) is 24.9 Å². The molecule has 5 nitrogen and oxygen atoms in total. The molecule has 1 aliphatic rings. The first kappa shape index (κ1) is 18.0. The SMILES string of the molecule is CCCCC(=O)Nc1cc2c(cc1C(=O)c1ccc(C)cc1)OCCO2. The van der Waals surface area contributed by atoms with E-state index in [9.17, 15) is 9.59 Å². The lowest BCUT2D eigenvalue weighted by Crippen LogP contribution is -2.19. The van der Waals surface area contributed by atoms with Crippen molar-refractivity contribution in [3.63, 3.8) is 0 Å². The third-order valence-electron chi connectivity index (χ3n) is 4.27. The number of ether oxygens (including phenoxy) is 2. The molecule has 2 aromatic rings. The fraction of sp³-hybridized carbons (Fsp3) is 0.333. The fourth-order valence-corrected chi connectivity index (χ4v) is 2.79. The number of carbonyl (C=O) groups excluding carboxylic acids is 2. The maximum absolute atomic E-state index is 13.0. The van der Waals surface area contributed by atoms with Gasteiger partial charge in [-0.25, -0.2) is 0 Å². The fourth-order valence-electron chi connectivity index (χ4n) is 2.79. The molecule has 0 radical (unpaired) electrons. The van der Waals surface area contributed by atoms with Crippen molar-refractivity contribution in [2.24, 2.45) is 0 Å². The van der Waals surface area contributed by atoms with E-state index in [1.54, 1.807) is 24.3 Å². The van der Waals surface area contributed by atoms with E-state index in [0.717, 1.165) is 18.4 Å². The van der Waals surface area contributed by atoms with Crippen molar-refractivity contribution in [3.05, 3.63) is 53.1 Å². The largest absolute Gasteiger partial charge is 0.486 e. The Bertz CT molecular complexity index is 812. The van der Waals surface area contributed by atoms with Gasteiger partial charge in [-0.15, -0.1) is 0 Å². The Hall–Kier alpha value is -2.82. The van der Waals surface area contributed by atoms with E-state index in [2.05, 4.69) is 5.32 Å². The first-order chi connectivity index (χ1) is 12.6. The number of fused-ring (bicyclic) bond motifs is 1. The van der Waals surface area contributed by atoms with Crippen molar-refractivity contribution in [2.45, 2.75) is 33.1 Å². The molecule has 0 fully saturated rings. The van der Waals surface area contributed by atoms with Crippen molar-refractivity contribution in [3.8, 4) is 11.5 Å². The minimum absolute atomic E-state index is 0.110. The Balaban J connectivity index is 1.96. The molecule has 1 N–H and O–H groups in total. The predicted octanol–water partition coefficient (Wildman–Crippen LogP) is 4.13. The van der Waals surface area contributed by atoms with Crippen molar-refractivity contribution in [1.82, 2.24) is 0 Å². The highest BCUT2D eigenvalue weighted by Crippen LogP contribution is 2.36. The number of hydrogen-bond donors (Lipinski definition) is 1. The van der Waals surface area contributed by atoms with Gasteiger partial charge in [0, 0.05) is 18.1 Å². The number of unbranched alkanes of at least 4 members (excludes halogenated alkanes) is 1. The zero-order chi connectivity index (χ0) is 18.5. The first-order valence-corrected chi connectivity index (χ1v) is 8.93. The number of aryl methyl sites for hydroxylation is 1. The quantitative estimate of drug-likeness (QED) is 0.793. The third kappa shape index (κ3) is 4.04. The summed E-state index contributed by atoms with van der Waals surface area (Å²) in [5.41, 5.74) is 2.51. The van der Waals surface area contributed by atoms with Gasteiger partial charge in [-0.2, -0.15) is 0 Å². The number of hydrogen-bond acceptors (Lipinski definition) is 4. The summed E-state index contributed by atoms with van der Waals surface area (Å²) >= 11 is 0. The van der Waals surface area contributed by atoms with E-state index in [1.165, 1.54) is 0 Å². The molecule has 1 heterocycles. The second-order valence-corrected chi connectivity index (χ2v) is 6.39. The molecule has 0 bridgehead atoms. The van der Waals surface area contributed by atoms with Crippen molar-refractivity contribution in [2.75, 3.05) is 18.5 Å². The number of amides is 1. The number of ketones is 1. The third-order valence-corrected chi connectivity index (χ3v) is 4.27. The molecule has 0 aromatic heterocycles. The van der Waals surface area contributed by atoms with Crippen LogP contribution in [0.4, 0.5) is 5.69 Å². The summed E-state index contributed by atoms with van der Waals surface area (Å²) in [5, 5.41) is 2.86. The Morgan fingerprint density at radius 1 is 1.04 bits per heavy atom.